The normalized spacial score (nSPS) is 7.14. The molecule has 0 radical (unpaired) electrons. The molecular formula is C2H5KN2O11P2Sr3. The van der Waals surface area contributed by atoms with E-state index >= 15 is 0 Å². The van der Waals surface area contributed by atoms with Gasteiger partial charge in [0.25, 0.3) is 5.09 Å². The molecule has 106 valence electrons. The van der Waals surface area contributed by atoms with Gasteiger partial charge in [0.05, 0.1) is 6.07 Å². The van der Waals surface area contributed by atoms with E-state index in [-0.39, 0.29) is 189 Å². The molecule has 0 bridgehead atoms. The number of hydrogen-bond acceptors (Lipinski definition) is 11. The minimum Gasteiger partial charge on any atom is -1.00 e. The van der Waals surface area contributed by atoms with Crippen LogP contribution in [-0.2, 0) is 9.13 Å². The van der Waals surface area contributed by atoms with Gasteiger partial charge in [-0.05, 0) is 0 Å². The molecule has 13 nitrogen and oxygen atoms in total. The van der Waals surface area contributed by atoms with Gasteiger partial charge in [-0.1, -0.05) is 0 Å². The van der Waals surface area contributed by atoms with Gasteiger partial charge in [0.1, 0.15) is 0 Å². The molecule has 0 rings (SSSR count). The average Bonchev–Trinajstić information content (AvgIpc) is 1.74. The van der Waals surface area contributed by atoms with Crippen LogP contribution in [0.3, 0.4) is 0 Å². The van der Waals surface area contributed by atoms with E-state index in [4.69, 9.17) is 59.1 Å². The number of nitriles is 1. The Morgan fingerprint density at radius 1 is 1.00 bits per heavy atom. The summed E-state index contributed by atoms with van der Waals surface area (Å²) in [7, 11) is -10.8. The molecule has 0 aliphatic carbocycles. The van der Waals surface area contributed by atoms with Crippen molar-refractivity contribution >= 4 is 152 Å². The fourth-order valence-corrected chi connectivity index (χ4v) is 0. The van der Waals surface area contributed by atoms with Crippen LogP contribution in [0.2, 0.25) is 0 Å². The predicted octanol–water partition coefficient (Wildman–Crippen LogP) is -9.49. The van der Waals surface area contributed by atoms with Gasteiger partial charge >= 0.3 is 188 Å². The molecule has 0 aromatic heterocycles. The standard InChI is InChI=1S/C2H3N.K.HNO3.2H3O4P.3Sr.H/c1-2-3;;2-1(3)4;2*1-5(2,3)4;;;;/h1H3;;(H,2,3,4);2*(H3,1,2,3,4);;;;/q;+1;;;;3*+2;-1/p-6. The van der Waals surface area contributed by atoms with Gasteiger partial charge in [-0.25, -0.2) is 0 Å². The van der Waals surface area contributed by atoms with Crippen molar-refractivity contribution in [3.8, 4) is 6.07 Å². The van der Waals surface area contributed by atoms with E-state index < -0.39 is 20.7 Å². The molecule has 0 heterocycles. The monoisotopic (exact) mass is 598 g/mol. The maximum absolute atomic E-state index is 8.55. The Kier molecular flexibility index (Phi) is 78.0. The number of nitrogens with zero attached hydrogens (tertiary/aromatic N) is 2. The van der Waals surface area contributed by atoms with E-state index in [0.717, 1.165) is 0 Å². The summed E-state index contributed by atoms with van der Waals surface area (Å²) in [6.45, 7) is 1.43. The first-order chi connectivity index (χ1) is 7.15. The second-order valence-electron chi connectivity index (χ2n) is 1.36. The van der Waals surface area contributed by atoms with Crippen molar-refractivity contribution < 1.29 is 102 Å². The molecule has 0 aromatic carbocycles. The van der Waals surface area contributed by atoms with E-state index in [1.807, 2.05) is 0 Å². The molecule has 1 N–H and O–H groups in total. The van der Waals surface area contributed by atoms with Crippen molar-refractivity contribution in [2.75, 3.05) is 0 Å². The SMILES string of the molecule is CC#N.O=P([O-])([O-])[O-].O=P([O-])([O-])[O-].O=[N+]([O-])O.[H-].[K+].[Sr+2].[Sr+2].[Sr+2]. The first-order valence-electron chi connectivity index (χ1n) is 2.75. The first-order valence-corrected chi connectivity index (χ1v) is 5.67. The van der Waals surface area contributed by atoms with Gasteiger partial charge < -0.3 is 45.1 Å². The van der Waals surface area contributed by atoms with Crippen molar-refractivity contribution in [3.05, 3.63) is 10.1 Å². The van der Waals surface area contributed by atoms with Crippen molar-refractivity contribution in [1.29, 1.82) is 5.26 Å². The topological polar surface area (TPSA) is 260 Å². The third-order valence-electron chi connectivity index (χ3n) is 0. The summed E-state index contributed by atoms with van der Waals surface area (Å²) in [5, 5.41) is 21.0. The van der Waals surface area contributed by atoms with Crippen molar-refractivity contribution in [2.24, 2.45) is 0 Å². The van der Waals surface area contributed by atoms with Crippen LogP contribution in [0.1, 0.15) is 8.35 Å². The largest absolute Gasteiger partial charge is 2.00 e. The summed E-state index contributed by atoms with van der Waals surface area (Å²) in [6.07, 6.45) is 0. The quantitative estimate of drug-likeness (QED) is 0.118. The van der Waals surface area contributed by atoms with E-state index in [1.54, 1.807) is 6.07 Å². The molecule has 0 unspecified atom stereocenters. The Balaban J connectivity index is -0.0000000138. The molecule has 0 aliphatic heterocycles. The van der Waals surface area contributed by atoms with Gasteiger partial charge in [-0.2, -0.15) is 20.9 Å². The maximum atomic E-state index is 8.55. The molecule has 0 saturated heterocycles. The minimum absolute atomic E-state index is 0. The molecule has 0 saturated carbocycles. The molecular weight excluding hydrogens is 592 g/mol. The smallest absolute Gasteiger partial charge is 1.00 e. The van der Waals surface area contributed by atoms with Crippen molar-refractivity contribution in [2.45, 2.75) is 6.92 Å². The van der Waals surface area contributed by atoms with E-state index in [2.05, 4.69) is 0 Å². The van der Waals surface area contributed by atoms with Crippen LogP contribution in [0.5, 0.6) is 0 Å². The third kappa shape index (κ3) is 531. The summed E-state index contributed by atoms with van der Waals surface area (Å²) < 4.78 is 17.1. The zero-order valence-corrected chi connectivity index (χ0v) is 26.3. The molecule has 0 amide bonds. The fourth-order valence-electron chi connectivity index (χ4n) is 0. The van der Waals surface area contributed by atoms with Gasteiger partial charge in [-0.3, -0.25) is 0 Å². The predicted molar refractivity (Wildman–Crippen MR) is 53.7 cm³/mol. The average molecular weight is 597 g/mol. The number of hydrogen-bond donors (Lipinski definition) is 1. The summed E-state index contributed by atoms with van der Waals surface area (Å²) in [5.74, 6) is 0. The molecule has 21 heavy (non-hydrogen) atoms. The van der Waals surface area contributed by atoms with Crippen LogP contribution in [0.15, 0.2) is 0 Å². The van der Waals surface area contributed by atoms with E-state index in [9.17, 15) is 0 Å². The van der Waals surface area contributed by atoms with Crippen molar-refractivity contribution in [1.82, 2.24) is 0 Å². The first kappa shape index (κ1) is 50.1. The third-order valence-corrected chi connectivity index (χ3v) is 0. The fraction of sp³-hybridized carbons (Fsp3) is 0.500. The summed E-state index contributed by atoms with van der Waals surface area (Å²) in [4.78, 5) is 59.7. The Labute approximate surface area is 274 Å². The molecule has 19 heteroatoms. The maximum Gasteiger partial charge on any atom is 2.00 e. The van der Waals surface area contributed by atoms with Gasteiger partial charge in [-0.15, -0.1) is 10.1 Å². The van der Waals surface area contributed by atoms with Crippen LogP contribution in [0, 0.1) is 21.4 Å². The Hall–Kier alpha value is 4.99. The molecule has 0 fully saturated rings. The molecule has 0 atom stereocenters. The van der Waals surface area contributed by atoms with Gasteiger partial charge in [0.15, 0.2) is 0 Å². The molecule has 0 aromatic rings. The Morgan fingerprint density at radius 3 is 1.00 bits per heavy atom. The Morgan fingerprint density at radius 2 is 1.00 bits per heavy atom. The van der Waals surface area contributed by atoms with Gasteiger partial charge in [0, 0.05) is 6.92 Å². The van der Waals surface area contributed by atoms with Crippen LogP contribution < -0.4 is 80.7 Å². The second kappa shape index (κ2) is 32.6. The van der Waals surface area contributed by atoms with Crippen molar-refractivity contribution in [3.63, 3.8) is 0 Å². The van der Waals surface area contributed by atoms with Crippen LogP contribution >= 0.6 is 15.6 Å². The zero-order valence-electron chi connectivity index (χ0n) is 11.9. The summed E-state index contributed by atoms with van der Waals surface area (Å²) >= 11 is 0. The van der Waals surface area contributed by atoms with E-state index in [1.165, 1.54) is 6.92 Å². The van der Waals surface area contributed by atoms with Crippen LogP contribution in [-0.4, -0.2) is 147 Å². The summed E-state index contributed by atoms with van der Waals surface area (Å²) in [6, 6.07) is 1.75. The van der Waals surface area contributed by atoms with E-state index in [0.29, 0.717) is 0 Å². The van der Waals surface area contributed by atoms with Crippen LogP contribution in [0.25, 0.3) is 0 Å². The second-order valence-corrected chi connectivity index (χ2v) is 3.14. The minimum atomic E-state index is -5.39. The number of phosphoric acid groups is 2. The molecule has 0 spiro atoms. The summed E-state index contributed by atoms with van der Waals surface area (Å²) in [5.41, 5.74) is 0. The van der Waals surface area contributed by atoms with Gasteiger partial charge in [0.2, 0.25) is 0 Å². The Bertz CT molecular complexity index is 291. The zero-order chi connectivity index (χ0) is 15.3. The number of rotatable bonds is 0. The van der Waals surface area contributed by atoms with Crippen LogP contribution in [0.4, 0.5) is 0 Å². The molecule has 0 aliphatic rings.